The van der Waals surface area contributed by atoms with Crippen molar-refractivity contribution >= 4 is 52.3 Å². The number of halogens is 2. The summed E-state index contributed by atoms with van der Waals surface area (Å²) in [6.45, 7) is 13.7. The van der Waals surface area contributed by atoms with Gasteiger partial charge in [-0.1, -0.05) is 58.8 Å². The number of hydrogen-bond acceptors (Lipinski definition) is 8. The molecular weight excluding hydrogens is 669 g/mol. The molecule has 1 aromatic heterocycles. The first-order chi connectivity index (χ1) is 23.1. The molecule has 2 heterocycles. The number of rotatable bonds is 12. The molecule has 0 unspecified atom stereocenters. The van der Waals surface area contributed by atoms with Crippen molar-refractivity contribution in [1.29, 1.82) is 0 Å². The number of allylic oxidation sites excluding steroid dienone is 1. The molecule has 4 aromatic rings. The predicted octanol–water partition coefficient (Wildman–Crippen LogP) is 7.32. The van der Waals surface area contributed by atoms with Crippen LogP contribution in [0.15, 0.2) is 81.7 Å². The molecule has 48 heavy (non-hydrogen) atoms. The molecule has 0 bridgehead atoms. The lowest BCUT2D eigenvalue weighted by atomic mass is 9.95. The molecular formula is C37H39Cl2N3O5S. The normalized spacial score (nSPS) is 14.5. The van der Waals surface area contributed by atoms with E-state index >= 15 is 0 Å². The minimum absolute atomic E-state index is 0.125. The molecule has 0 saturated carbocycles. The first-order valence-corrected chi connectivity index (χ1v) is 17.5. The van der Waals surface area contributed by atoms with Crippen molar-refractivity contribution < 1.29 is 19.0 Å². The van der Waals surface area contributed by atoms with E-state index < -0.39 is 12.0 Å². The van der Waals surface area contributed by atoms with Crippen LogP contribution >= 0.6 is 34.5 Å². The summed E-state index contributed by atoms with van der Waals surface area (Å²) in [6.07, 6.45) is 1.69. The molecule has 0 radical (unpaired) electrons. The molecule has 11 heteroatoms. The maximum absolute atomic E-state index is 14.4. The van der Waals surface area contributed by atoms with Gasteiger partial charge in [0.1, 0.15) is 24.1 Å². The zero-order chi connectivity index (χ0) is 34.5. The number of anilines is 1. The van der Waals surface area contributed by atoms with Crippen molar-refractivity contribution in [3.05, 3.63) is 118 Å². The summed E-state index contributed by atoms with van der Waals surface area (Å²) in [5.41, 5.74) is 3.74. The number of benzene rings is 3. The number of aromatic nitrogens is 1. The van der Waals surface area contributed by atoms with Crippen molar-refractivity contribution in [3.8, 4) is 11.5 Å². The molecule has 0 N–H and O–H groups in total. The number of esters is 1. The minimum atomic E-state index is -0.798. The summed E-state index contributed by atoms with van der Waals surface area (Å²) in [7, 11) is 0. The second-order valence-corrected chi connectivity index (χ2v) is 13.3. The third-order valence-corrected chi connectivity index (χ3v) is 9.61. The molecule has 0 aliphatic carbocycles. The molecule has 5 rings (SSSR count). The highest BCUT2D eigenvalue weighted by atomic mass is 35.5. The van der Waals surface area contributed by atoms with E-state index in [1.165, 1.54) is 11.3 Å². The fourth-order valence-electron chi connectivity index (χ4n) is 5.64. The van der Waals surface area contributed by atoms with Gasteiger partial charge in [0.2, 0.25) is 0 Å². The maximum Gasteiger partial charge on any atom is 0.338 e. The Morgan fingerprint density at radius 1 is 1.02 bits per heavy atom. The van der Waals surface area contributed by atoms with Crippen LogP contribution in [0.5, 0.6) is 11.5 Å². The van der Waals surface area contributed by atoms with Gasteiger partial charge in [0, 0.05) is 36.0 Å². The summed E-state index contributed by atoms with van der Waals surface area (Å²) in [5, 5.41) is 0.918. The van der Waals surface area contributed by atoms with Crippen LogP contribution in [0.4, 0.5) is 5.69 Å². The number of fused-ring (bicyclic) bond motifs is 1. The van der Waals surface area contributed by atoms with Gasteiger partial charge in [-0.25, -0.2) is 9.79 Å². The highest BCUT2D eigenvalue weighted by molar-refractivity contribution is 7.07. The van der Waals surface area contributed by atoms with Crippen molar-refractivity contribution in [3.63, 3.8) is 0 Å². The third-order valence-electron chi connectivity index (χ3n) is 7.88. The van der Waals surface area contributed by atoms with Gasteiger partial charge < -0.3 is 19.1 Å². The largest absolute Gasteiger partial charge is 0.491 e. The lowest BCUT2D eigenvalue weighted by molar-refractivity contribution is -0.139. The zero-order valence-electron chi connectivity index (χ0n) is 27.9. The summed E-state index contributed by atoms with van der Waals surface area (Å²) >= 11 is 13.7. The van der Waals surface area contributed by atoms with Crippen LogP contribution in [0.2, 0.25) is 10.0 Å². The Bertz CT molecular complexity index is 2030. The van der Waals surface area contributed by atoms with Gasteiger partial charge in [-0.3, -0.25) is 9.36 Å². The van der Waals surface area contributed by atoms with Crippen LogP contribution in [0, 0.1) is 0 Å². The van der Waals surface area contributed by atoms with Crippen LogP contribution in [0.25, 0.3) is 6.08 Å². The van der Waals surface area contributed by atoms with E-state index in [1.54, 1.807) is 30.5 Å². The highest BCUT2D eigenvalue weighted by Gasteiger charge is 2.35. The van der Waals surface area contributed by atoms with Gasteiger partial charge in [-0.05, 0) is 83.5 Å². The van der Waals surface area contributed by atoms with E-state index in [0.29, 0.717) is 47.7 Å². The van der Waals surface area contributed by atoms with E-state index in [-0.39, 0.29) is 24.9 Å². The highest BCUT2D eigenvalue weighted by Crippen LogP contribution is 2.36. The molecule has 0 saturated heterocycles. The Hall–Kier alpha value is -4.05. The number of carbonyl (C=O) groups excluding carboxylic acids is 1. The van der Waals surface area contributed by atoms with Gasteiger partial charge in [0.05, 0.1) is 38.6 Å². The molecule has 1 aliphatic rings. The van der Waals surface area contributed by atoms with Crippen LogP contribution in [0.3, 0.4) is 0 Å². The number of carbonyl (C=O) groups is 1. The Morgan fingerprint density at radius 2 is 1.77 bits per heavy atom. The van der Waals surface area contributed by atoms with E-state index in [1.807, 2.05) is 68.5 Å². The fraction of sp³-hybridized carbons (Fsp3) is 0.324. The smallest absolute Gasteiger partial charge is 0.338 e. The quantitative estimate of drug-likeness (QED) is 0.144. The van der Waals surface area contributed by atoms with Crippen LogP contribution < -0.4 is 29.3 Å². The standard InChI is InChI=1S/C37H39Cl2N3O5S/c1-7-41(8-2)26-16-15-25(31(20-26)46-21-24-14-17-28(38)29(39)18-24)19-32-35(43)42-34(27-12-10-11-13-30(27)47-22(4)5)33(36(44)45-9-3)23(6)40-37(42)48-32/h10-20,22,34H,7-9,21H2,1-6H3/b32-19-/t34-/m1/s1. The Morgan fingerprint density at radius 3 is 2.46 bits per heavy atom. The van der Waals surface area contributed by atoms with Gasteiger partial charge in [0.15, 0.2) is 4.80 Å². The van der Waals surface area contributed by atoms with Crippen molar-refractivity contribution in [1.82, 2.24) is 4.57 Å². The number of ether oxygens (including phenoxy) is 3. The van der Waals surface area contributed by atoms with E-state index in [4.69, 9.17) is 42.4 Å². The van der Waals surface area contributed by atoms with Gasteiger partial charge in [0.25, 0.3) is 5.56 Å². The minimum Gasteiger partial charge on any atom is -0.491 e. The van der Waals surface area contributed by atoms with Crippen molar-refractivity contribution in [2.45, 2.75) is 60.3 Å². The first-order valence-electron chi connectivity index (χ1n) is 16.0. The monoisotopic (exact) mass is 707 g/mol. The average molecular weight is 709 g/mol. The lowest BCUT2D eigenvalue weighted by Crippen LogP contribution is -2.40. The summed E-state index contributed by atoms with van der Waals surface area (Å²) in [6, 6.07) is 18.0. The first kappa shape index (κ1) is 35.3. The number of hydrogen-bond donors (Lipinski definition) is 0. The fourth-order valence-corrected chi connectivity index (χ4v) is 7.00. The zero-order valence-corrected chi connectivity index (χ0v) is 30.2. The van der Waals surface area contributed by atoms with E-state index in [9.17, 15) is 9.59 Å². The van der Waals surface area contributed by atoms with Gasteiger partial charge in [-0.15, -0.1) is 0 Å². The summed E-state index contributed by atoms with van der Waals surface area (Å²) in [5.74, 6) is 0.655. The van der Waals surface area contributed by atoms with Gasteiger partial charge in [-0.2, -0.15) is 0 Å². The predicted molar refractivity (Wildman–Crippen MR) is 193 cm³/mol. The molecule has 0 spiro atoms. The Balaban J connectivity index is 1.67. The molecule has 0 amide bonds. The summed E-state index contributed by atoms with van der Waals surface area (Å²) < 4.78 is 20.0. The Kier molecular flexibility index (Phi) is 11.3. The molecule has 1 aliphatic heterocycles. The second kappa shape index (κ2) is 15.4. The molecule has 8 nitrogen and oxygen atoms in total. The SMILES string of the molecule is CCOC(=O)C1=C(C)N=c2s/c(=C\c3ccc(N(CC)CC)cc3OCc3ccc(Cl)c(Cl)c3)c(=O)n2[C@@H]1c1ccccc1OC(C)C. The molecule has 0 fully saturated rings. The molecule has 252 valence electrons. The second-order valence-electron chi connectivity index (χ2n) is 11.4. The molecule has 1 atom stereocenters. The summed E-state index contributed by atoms with van der Waals surface area (Å²) in [4.78, 5) is 35.2. The van der Waals surface area contributed by atoms with Crippen molar-refractivity contribution in [2.75, 3.05) is 24.6 Å². The van der Waals surface area contributed by atoms with E-state index in [0.717, 1.165) is 29.9 Å². The maximum atomic E-state index is 14.4. The third kappa shape index (κ3) is 7.48. The Labute approximate surface area is 294 Å². The van der Waals surface area contributed by atoms with E-state index in [2.05, 4.69) is 18.7 Å². The number of thiazole rings is 1. The van der Waals surface area contributed by atoms with Crippen molar-refractivity contribution in [2.24, 2.45) is 4.99 Å². The van der Waals surface area contributed by atoms with Gasteiger partial charge >= 0.3 is 5.97 Å². The van der Waals surface area contributed by atoms with Crippen LogP contribution in [-0.4, -0.2) is 36.3 Å². The van der Waals surface area contributed by atoms with Crippen LogP contribution in [-0.2, 0) is 16.1 Å². The lowest BCUT2D eigenvalue weighted by Gasteiger charge is -2.26. The number of nitrogens with zero attached hydrogens (tertiary/aromatic N) is 3. The van der Waals surface area contributed by atoms with Crippen LogP contribution in [0.1, 0.15) is 64.3 Å². The molecule has 3 aromatic carbocycles. The topological polar surface area (TPSA) is 82.4 Å². The average Bonchev–Trinajstić information content (AvgIpc) is 3.36. The number of para-hydroxylation sites is 1.